The summed E-state index contributed by atoms with van der Waals surface area (Å²) in [5, 5.41) is 30.0. The fourth-order valence-corrected chi connectivity index (χ4v) is 7.35. The molecule has 2 aliphatic rings. The number of aliphatic hydroxyl groups is 2. The minimum absolute atomic E-state index is 0.119. The lowest BCUT2D eigenvalue weighted by Crippen LogP contribution is -2.61. The van der Waals surface area contributed by atoms with Crippen molar-refractivity contribution in [1.29, 1.82) is 0 Å². The predicted molar refractivity (Wildman–Crippen MR) is 189 cm³/mol. The summed E-state index contributed by atoms with van der Waals surface area (Å²) in [4.78, 5) is 36.2. The number of β-amino-alcohol motifs (C(OH)–C–C–N with tert-alkyl or cyclic N) is 1. The molecule has 0 spiro atoms. The van der Waals surface area contributed by atoms with Crippen LogP contribution in [0.5, 0.6) is 0 Å². The van der Waals surface area contributed by atoms with E-state index in [0.29, 0.717) is 49.8 Å². The zero-order valence-electron chi connectivity index (χ0n) is 28.3. The van der Waals surface area contributed by atoms with E-state index in [1.54, 1.807) is 18.5 Å². The van der Waals surface area contributed by atoms with E-state index in [4.69, 9.17) is 16.0 Å². The van der Waals surface area contributed by atoms with Crippen LogP contribution in [0.25, 0.3) is 11.1 Å². The highest BCUT2D eigenvalue weighted by Gasteiger charge is 2.37. The van der Waals surface area contributed by atoms with Crippen molar-refractivity contribution in [2.75, 3.05) is 26.2 Å². The molecule has 260 valence electrons. The lowest BCUT2D eigenvalue weighted by molar-refractivity contribution is -0.132. The molecule has 0 bridgehead atoms. The number of hydrogen-bond donors (Lipinski definition) is 4. The Hall–Kier alpha value is -3.80. The van der Waals surface area contributed by atoms with E-state index in [9.17, 15) is 19.8 Å². The monoisotopic (exact) mass is 687 g/mol. The molecule has 4 aromatic rings. The number of benzene rings is 2. The standard InChI is InChI=1S/C38H46ClN5O5/c1-38(2,3)42-36(48)31-23-43(21-27-20-40-37-30(33(27)39)13-16-49-37)14-15-44(31)22-28(45)18-26(17-24-9-5-4-6-10-24)35(47)41-34-29-12-8-7-11-25(29)19-32(34)46/h4-13,16,20,26,28,31-32,34,45-46H,14-15,17-19,21-23H2,1-3H3,(H,41,47)(H,42,48)/t26-,28+,31+,32-,34+/m1/s1. The average Bonchev–Trinajstić information content (AvgIpc) is 3.67. The van der Waals surface area contributed by atoms with E-state index in [1.807, 2.05) is 80.3 Å². The second kappa shape index (κ2) is 15.0. The lowest BCUT2D eigenvalue weighted by Gasteiger charge is -2.42. The van der Waals surface area contributed by atoms with Gasteiger partial charge in [0, 0.05) is 62.4 Å². The lowest BCUT2D eigenvalue weighted by atomic mass is 9.91. The SMILES string of the molecule is CC(C)(C)NC(=O)[C@@H]1CN(Cc2cnc3occc3c2Cl)CCN1C[C@@H](O)C[C@@H](Cc1ccccc1)C(=O)N[C@H]1c2ccccc2C[C@H]1O. The number of aliphatic hydroxyl groups excluding tert-OH is 2. The van der Waals surface area contributed by atoms with Crippen LogP contribution in [0.1, 0.15) is 55.5 Å². The van der Waals surface area contributed by atoms with Gasteiger partial charge in [0.05, 0.1) is 34.9 Å². The molecule has 1 aliphatic heterocycles. The second-order valence-corrected chi connectivity index (χ2v) is 14.8. The zero-order chi connectivity index (χ0) is 34.7. The summed E-state index contributed by atoms with van der Waals surface area (Å²) in [6.07, 6.45) is 2.81. The Labute approximate surface area is 292 Å². The number of fused-ring (bicyclic) bond motifs is 2. The topological polar surface area (TPSA) is 131 Å². The highest BCUT2D eigenvalue weighted by Crippen LogP contribution is 2.32. The van der Waals surface area contributed by atoms with Crippen LogP contribution in [0, 0.1) is 5.92 Å². The Kier molecular flexibility index (Phi) is 10.7. The minimum Gasteiger partial charge on any atom is -0.446 e. The zero-order valence-corrected chi connectivity index (χ0v) is 29.1. The van der Waals surface area contributed by atoms with Crippen LogP contribution in [0.4, 0.5) is 0 Å². The van der Waals surface area contributed by atoms with Crippen LogP contribution < -0.4 is 10.6 Å². The van der Waals surface area contributed by atoms with Crippen LogP contribution >= 0.6 is 11.6 Å². The first-order valence-electron chi connectivity index (χ1n) is 17.0. The predicted octanol–water partition coefficient (Wildman–Crippen LogP) is 4.27. The summed E-state index contributed by atoms with van der Waals surface area (Å²) in [6, 6.07) is 18.3. The van der Waals surface area contributed by atoms with Crippen molar-refractivity contribution in [3.05, 3.63) is 100 Å². The number of carbonyl (C=O) groups excluding carboxylic acids is 2. The number of piperazine rings is 1. The van der Waals surface area contributed by atoms with Gasteiger partial charge in [-0.15, -0.1) is 0 Å². The molecule has 0 radical (unpaired) electrons. The van der Waals surface area contributed by atoms with Crippen LogP contribution in [-0.2, 0) is 29.0 Å². The number of nitrogens with one attached hydrogen (secondary N) is 2. The molecular formula is C38H46ClN5O5. The Morgan fingerprint density at radius 3 is 2.61 bits per heavy atom. The van der Waals surface area contributed by atoms with Crippen LogP contribution in [0.2, 0.25) is 5.02 Å². The van der Waals surface area contributed by atoms with Crippen molar-refractivity contribution >= 4 is 34.5 Å². The largest absolute Gasteiger partial charge is 0.446 e. The third-order valence-electron chi connectivity index (χ3n) is 9.47. The van der Waals surface area contributed by atoms with Crippen molar-refractivity contribution in [2.24, 2.45) is 5.92 Å². The van der Waals surface area contributed by atoms with E-state index >= 15 is 0 Å². The molecule has 5 atom stereocenters. The number of carbonyl (C=O) groups is 2. The van der Waals surface area contributed by atoms with Gasteiger partial charge in [-0.2, -0.15) is 0 Å². The quantitative estimate of drug-likeness (QED) is 0.184. The first-order chi connectivity index (χ1) is 23.4. The maximum absolute atomic E-state index is 13.9. The maximum atomic E-state index is 13.9. The second-order valence-electron chi connectivity index (χ2n) is 14.5. The first kappa shape index (κ1) is 35.0. The number of furan rings is 1. The molecule has 0 unspecified atom stereocenters. The summed E-state index contributed by atoms with van der Waals surface area (Å²) in [5.74, 6) is -0.880. The summed E-state index contributed by atoms with van der Waals surface area (Å²) >= 11 is 6.71. The summed E-state index contributed by atoms with van der Waals surface area (Å²) in [6.45, 7) is 8.21. The van der Waals surface area contributed by atoms with Crippen LogP contribution in [-0.4, -0.2) is 86.8 Å². The molecule has 1 aliphatic carbocycles. The Balaban J connectivity index is 1.16. The van der Waals surface area contributed by atoms with Gasteiger partial charge in [0.1, 0.15) is 6.04 Å². The van der Waals surface area contributed by atoms with Crippen molar-refractivity contribution < 1.29 is 24.2 Å². The van der Waals surface area contributed by atoms with Gasteiger partial charge in [-0.05, 0) is 56.4 Å². The summed E-state index contributed by atoms with van der Waals surface area (Å²) in [7, 11) is 0. The van der Waals surface area contributed by atoms with Gasteiger partial charge in [0.15, 0.2) is 0 Å². The Bertz CT molecular complexity index is 1760. The minimum atomic E-state index is -0.876. The number of aromatic nitrogens is 1. The van der Waals surface area contributed by atoms with Crippen molar-refractivity contribution in [3.63, 3.8) is 0 Å². The van der Waals surface area contributed by atoms with Gasteiger partial charge in [0.2, 0.25) is 17.5 Å². The number of nitrogens with zero attached hydrogens (tertiary/aromatic N) is 3. The van der Waals surface area contributed by atoms with E-state index in [1.165, 1.54) is 0 Å². The molecule has 4 N–H and O–H groups in total. The van der Waals surface area contributed by atoms with Crippen molar-refractivity contribution in [3.8, 4) is 0 Å². The maximum Gasteiger partial charge on any atom is 0.239 e. The number of halogens is 1. The third-order valence-corrected chi connectivity index (χ3v) is 9.92. The molecule has 49 heavy (non-hydrogen) atoms. The molecule has 1 fully saturated rings. The Morgan fingerprint density at radius 1 is 1.08 bits per heavy atom. The van der Waals surface area contributed by atoms with E-state index in [-0.39, 0.29) is 24.8 Å². The van der Waals surface area contributed by atoms with Crippen molar-refractivity contribution in [1.82, 2.24) is 25.4 Å². The highest BCUT2D eigenvalue weighted by molar-refractivity contribution is 6.35. The van der Waals surface area contributed by atoms with E-state index in [2.05, 4.69) is 20.5 Å². The molecule has 11 heteroatoms. The third kappa shape index (κ3) is 8.51. The van der Waals surface area contributed by atoms with Gasteiger partial charge in [-0.3, -0.25) is 19.4 Å². The normalized spacial score (nSPS) is 21.3. The van der Waals surface area contributed by atoms with Gasteiger partial charge >= 0.3 is 0 Å². The van der Waals surface area contributed by atoms with Gasteiger partial charge < -0.3 is 25.3 Å². The smallest absolute Gasteiger partial charge is 0.239 e. The molecule has 10 nitrogen and oxygen atoms in total. The van der Waals surface area contributed by atoms with Gasteiger partial charge in [0.25, 0.3) is 0 Å². The molecule has 1 saturated heterocycles. The van der Waals surface area contributed by atoms with E-state index in [0.717, 1.165) is 27.6 Å². The molecule has 0 saturated carbocycles. The molecule has 2 aromatic carbocycles. The molecular weight excluding hydrogens is 642 g/mol. The number of hydrogen-bond acceptors (Lipinski definition) is 8. The first-order valence-corrected chi connectivity index (χ1v) is 17.4. The molecule has 2 aromatic heterocycles. The molecule has 3 heterocycles. The van der Waals surface area contributed by atoms with Crippen molar-refractivity contribution in [2.45, 2.75) is 76.4 Å². The van der Waals surface area contributed by atoms with Crippen LogP contribution in [0.3, 0.4) is 0 Å². The summed E-state index contributed by atoms with van der Waals surface area (Å²) in [5.41, 5.74) is 3.84. The van der Waals surface area contributed by atoms with Crippen LogP contribution in [0.15, 0.2) is 77.5 Å². The fraction of sp³-hybridized carbons (Fsp3) is 0.447. The molecule has 6 rings (SSSR count). The number of pyridine rings is 1. The Morgan fingerprint density at radius 2 is 1.84 bits per heavy atom. The van der Waals surface area contributed by atoms with E-state index < -0.39 is 35.7 Å². The highest BCUT2D eigenvalue weighted by atomic mass is 35.5. The average molecular weight is 688 g/mol. The fourth-order valence-electron chi connectivity index (χ4n) is 7.10. The van der Waals surface area contributed by atoms with Gasteiger partial charge in [-0.25, -0.2) is 4.98 Å². The van der Waals surface area contributed by atoms with Gasteiger partial charge in [-0.1, -0.05) is 66.2 Å². The number of amides is 2. The molecule has 2 amide bonds. The summed E-state index contributed by atoms with van der Waals surface area (Å²) < 4.78 is 5.39. The number of rotatable bonds is 11.